The van der Waals surface area contributed by atoms with E-state index in [0.29, 0.717) is 18.4 Å². The summed E-state index contributed by atoms with van der Waals surface area (Å²) in [5.74, 6) is 1.97. The molecule has 3 heterocycles. The van der Waals surface area contributed by atoms with Gasteiger partial charge in [0.25, 0.3) is 0 Å². The fraction of sp³-hybridized carbons (Fsp3) is 0.478. The van der Waals surface area contributed by atoms with Gasteiger partial charge in [-0.3, -0.25) is 14.7 Å². The van der Waals surface area contributed by atoms with Crippen LogP contribution in [0.25, 0.3) is 0 Å². The van der Waals surface area contributed by atoms with Crippen LogP contribution in [-0.4, -0.2) is 44.6 Å². The Balaban J connectivity index is 1.24. The van der Waals surface area contributed by atoms with Gasteiger partial charge < -0.3 is 4.74 Å². The number of aromatic amines is 1. The van der Waals surface area contributed by atoms with Gasteiger partial charge in [-0.1, -0.05) is 26.0 Å². The SMILES string of the molecule is CC(C)c1ccc(OCCc2cc([C@H]3CCN(Cc4cnn(C)c4)C3)n[nH]2)cc1. The first kappa shape index (κ1) is 19.7. The lowest BCUT2D eigenvalue weighted by Gasteiger charge is -2.13. The largest absolute Gasteiger partial charge is 0.493 e. The monoisotopic (exact) mass is 393 g/mol. The number of H-pyrrole nitrogens is 1. The van der Waals surface area contributed by atoms with E-state index in [4.69, 9.17) is 4.74 Å². The average molecular weight is 394 g/mol. The number of hydrogen-bond donors (Lipinski definition) is 1. The zero-order valence-corrected chi connectivity index (χ0v) is 17.6. The molecule has 29 heavy (non-hydrogen) atoms. The summed E-state index contributed by atoms with van der Waals surface area (Å²) in [7, 11) is 1.96. The first-order chi connectivity index (χ1) is 14.1. The second-order valence-electron chi connectivity index (χ2n) is 8.38. The van der Waals surface area contributed by atoms with E-state index in [-0.39, 0.29) is 0 Å². The molecular weight excluding hydrogens is 362 g/mol. The predicted molar refractivity (Wildman–Crippen MR) is 114 cm³/mol. The zero-order chi connectivity index (χ0) is 20.2. The van der Waals surface area contributed by atoms with Gasteiger partial charge in [0.05, 0.1) is 18.5 Å². The van der Waals surface area contributed by atoms with Gasteiger partial charge in [0.2, 0.25) is 0 Å². The Labute approximate surface area is 172 Å². The quantitative estimate of drug-likeness (QED) is 0.631. The van der Waals surface area contributed by atoms with Gasteiger partial charge in [-0.25, -0.2) is 0 Å². The summed E-state index contributed by atoms with van der Waals surface area (Å²) in [5, 5.41) is 12.0. The number of hydrogen-bond acceptors (Lipinski definition) is 4. The summed E-state index contributed by atoms with van der Waals surface area (Å²) in [4.78, 5) is 2.49. The molecule has 0 unspecified atom stereocenters. The first-order valence-corrected chi connectivity index (χ1v) is 10.5. The van der Waals surface area contributed by atoms with Gasteiger partial charge in [-0.15, -0.1) is 0 Å². The van der Waals surface area contributed by atoms with E-state index in [2.05, 4.69) is 70.6 Å². The molecule has 0 saturated carbocycles. The molecule has 4 rings (SSSR count). The first-order valence-electron chi connectivity index (χ1n) is 10.5. The highest BCUT2D eigenvalue weighted by molar-refractivity contribution is 5.29. The van der Waals surface area contributed by atoms with Crippen molar-refractivity contribution in [1.29, 1.82) is 0 Å². The minimum absolute atomic E-state index is 0.501. The Morgan fingerprint density at radius 2 is 2.07 bits per heavy atom. The van der Waals surface area contributed by atoms with Crippen LogP contribution in [0, 0.1) is 0 Å². The van der Waals surface area contributed by atoms with Crippen molar-refractivity contribution in [2.75, 3.05) is 19.7 Å². The standard InChI is InChI=1S/C23H31N5O/c1-17(2)19-4-6-22(7-5-19)29-11-9-21-12-23(26-25-21)20-8-10-28(16-20)15-18-13-24-27(3)14-18/h4-7,12-14,17,20H,8-11,15-16H2,1-3H3,(H,25,26)/t20-/m0/s1. The number of ether oxygens (including phenoxy) is 1. The maximum absolute atomic E-state index is 5.90. The molecule has 1 aliphatic rings. The second kappa shape index (κ2) is 8.82. The van der Waals surface area contributed by atoms with Gasteiger partial charge in [0.15, 0.2) is 0 Å². The van der Waals surface area contributed by atoms with Crippen LogP contribution in [0.1, 0.15) is 54.6 Å². The lowest BCUT2D eigenvalue weighted by atomic mass is 10.0. The van der Waals surface area contributed by atoms with Crippen molar-refractivity contribution in [3.63, 3.8) is 0 Å². The maximum atomic E-state index is 5.90. The third-order valence-electron chi connectivity index (χ3n) is 5.69. The fourth-order valence-electron chi connectivity index (χ4n) is 3.97. The molecule has 1 atom stereocenters. The minimum atomic E-state index is 0.501. The number of aromatic nitrogens is 4. The molecule has 3 aromatic rings. The van der Waals surface area contributed by atoms with Gasteiger partial charge in [-0.05, 0) is 42.6 Å². The molecule has 6 nitrogen and oxygen atoms in total. The van der Waals surface area contributed by atoms with Crippen molar-refractivity contribution in [2.24, 2.45) is 7.05 Å². The Morgan fingerprint density at radius 1 is 1.24 bits per heavy atom. The molecular formula is C23H31N5O. The van der Waals surface area contributed by atoms with Crippen molar-refractivity contribution in [2.45, 2.75) is 45.1 Å². The topological polar surface area (TPSA) is 59.0 Å². The highest BCUT2D eigenvalue weighted by atomic mass is 16.5. The van der Waals surface area contributed by atoms with E-state index >= 15 is 0 Å². The molecule has 1 N–H and O–H groups in total. The van der Waals surface area contributed by atoms with E-state index in [1.54, 1.807) is 0 Å². The van der Waals surface area contributed by atoms with Crippen LogP contribution in [-0.2, 0) is 20.0 Å². The molecule has 6 heteroatoms. The van der Waals surface area contributed by atoms with Crippen LogP contribution in [0.4, 0.5) is 0 Å². The van der Waals surface area contributed by atoms with E-state index in [9.17, 15) is 0 Å². The van der Waals surface area contributed by atoms with Crippen molar-refractivity contribution in [3.05, 3.63) is 65.2 Å². The molecule has 0 amide bonds. The van der Waals surface area contributed by atoms with Crippen LogP contribution < -0.4 is 4.74 Å². The number of likely N-dealkylation sites (tertiary alicyclic amines) is 1. The zero-order valence-electron chi connectivity index (χ0n) is 17.6. The maximum Gasteiger partial charge on any atom is 0.119 e. The van der Waals surface area contributed by atoms with Gasteiger partial charge in [0, 0.05) is 49.9 Å². The third-order valence-corrected chi connectivity index (χ3v) is 5.69. The highest BCUT2D eigenvalue weighted by Crippen LogP contribution is 2.27. The third kappa shape index (κ3) is 5.07. The van der Waals surface area contributed by atoms with Gasteiger partial charge in [-0.2, -0.15) is 10.2 Å². The molecule has 1 saturated heterocycles. The molecule has 0 spiro atoms. The van der Waals surface area contributed by atoms with Crippen LogP contribution in [0.3, 0.4) is 0 Å². The number of benzene rings is 1. The Morgan fingerprint density at radius 3 is 2.79 bits per heavy atom. The molecule has 1 aliphatic heterocycles. The minimum Gasteiger partial charge on any atom is -0.493 e. The van der Waals surface area contributed by atoms with E-state index in [1.165, 1.54) is 16.8 Å². The number of aryl methyl sites for hydroxylation is 1. The Bertz CT molecular complexity index is 912. The van der Waals surface area contributed by atoms with E-state index < -0.39 is 0 Å². The highest BCUT2D eigenvalue weighted by Gasteiger charge is 2.26. The fourth-order valence-corrected chi connectivity index (χ4v) is 3.97. The Kier molecular flexibility index (Phi) is 6.00. The Hall–Kier alpha value is -2.60. The lowest BCUT2D eigenvalue weighted by Crippen LogP contribution is -2.19. The molecule has 0 bridgehead atoms. The molecule has 0 aliphatic carbocycles. The normalized spacial score (nSPS) is 17.3. The summed E-state index contributed by atoms with van der Waals surface area (Å²) < 4.78 is 7.77. The molecule has 154 valence electrons. The number of nitrogens with zero attached hydrogens (tertiary/aromatic N) is 4. The predicted octanol–water partition coefficient (Wildman–Crippen LogP) is 3.88. The van der Waals surface area contributed by atoms with Crippen LogP contribution in [0.15, 0.2) is 42.7 Å². The number of nitrogens with one attached hydrogen (secondary N) is 1. The number of rotatable bonds is 8. The lowest BCUT2D eigenvalue weighted by molar-refractivity contribution is 0.320. The summed E-state index contributed by atoms with van der Waals surface area (Å²) >= 11 is 0. The van der Waals surface area contributed by atoms with Gasteiger partial charge in [0.1, 0.15) is 5.75 Å². The average Bonchev–Trinajstić information content (AvgIpc) is 3.44. The van der Waals surface area contributed by atoms with Crippen molar-refractivity contribution in [3.8, 4) is 5.75 Å². The van der Waals surface area contributed by atoms with Gasteiger partial charge >= 0.3 is 0 Å². The summed E-state index contributed by atoms with van der Waals surface area (Å²) in [6.45, 7) is 8.18. The van der Waals surface area contributed by atoms with Crippen molar-refractivity contribution >= 4 is 0 Å². The molecule has 2 aromatic heterocycles. The van der Waals surface area contributed by atoms with E-state index in [0.717, 1.165) is 43.9 Å². The van der Waals surface area contributed by atoms with Crippen LogP contribution >= 0.6 is 0 Å². The van der Waals surface area contributed by atoms with Crippen LogP contribution in [0.2, 0.25) is 0 Å². The summed E-state index contributed by atoms with van der Waals surface area (Å²) in [5.41, 5.74) is 4.93. The van der Waals surface area contributed by atoms with Crippen molar-refractivity contribution in [1.82, 2.24) is 24.9 Å². The smallest absolute Gasteiger partial charge is 0.119 e. The van der Waals surface area contributed by atoms with Crippen molar-refractivity contribution < 1.29 is 4.74 Å². The molecule has 0 radical (unpaired) electrons. The second-order valence-corrected chi connectivity index (χ2v) is 8.38. The van der Waals surface area contributed by atoms with Crippen LogP contribution in [0.5, 0.6) is 5.75 Å². The summed E-state index contributed by atoms with van der Waals surface area (Å²) in [6, 6.07) is 10.6. The van der Waals surface area contributed by atoms with E-state index in [1.807, 2.05) is 17.9 Å². The molecule has 1 fully saturated rings. The summed E-state index contributed by atoms with van der Waals surface area (Å²) in [6.07, 6.45) is 6.04. The molecule has 1 aromatic carbocycles.